The minimum absolute atomic E-state index is 0.157. The van der Waals surface area contributed by atoms with E-state index in [0.717, 1.165) is 49.2 Å². The molecule has 29 heavy (non-hydrogen) atoms. The summed E-state index contributed by atoms with van der Waals surface area (Å²) in [7, 11) is 0. The third kappa shape index (κ3) is 3.50. The van der Waals surface area contributed by atoms with E-state index in [0.29, 0.717) is 18.4 Å². The van der Waals surface area contributed by atoms with E-state index < -0.39 is 0 Å². The molecule has 0 atom stereocenters. The van der Waals surface area contributed by atoms with Crippen LogP contribution in [0.15, 0.2) is 24.3 Å². The molecule has 5 heteroatoms. The van der Waals surface area contributed by atoms with Gasteiger partial charge in [0.1, 0.15) is 0 Å². The molecule has 5 aliphatic rings. The average Bonchev–Trinajstić information content (AvgIpc) is 3.11. The van der Waals surface area contributed by atoms with Gasteiger partial charge in [-0.05, 0) is 68.4 Å². The molecule has 7 rings (SSSR count). The van der Waals surface area contributed by atoms with Gasteiger partial charge in [0, 0.05) is 24.3 Å². The summed E-state index contributed by atoms with van der Waals surface area (Å²) in [5.74, 6) is 3.54. The maximum atomic E-state index is 12.9. The fourth-order valence-electron chi connectivity index (χ4n) is 7.35. The van der Waals surface area contributed by atoms with E-state index in [9.17, 15) is 4.79 Å². The minimum atomic E-state index is 0.157. The second-order valence-corrected chi connectivity index (χ2v) is 11.5. The maximum Gasteiger partial charge on any atom is 0.275 e. The fraction of sp³-hybridized carbons (Fsp3) is 0.667. The van der Waals surface area contributed by atoms with E-state index in [4.69, 9.17) is 4.98 Å². The number of fused-ring (bicyclic) bond motifs is 1. The summed E-state index contributed by atoms with van der Waals surface area (Å²) in [4.78, 5) is 19.3. The van der Waals surface area contributed by atoms with Crippen molar-refractivity contribution in [2.24, 2.45) is 17.8 Å². The molecule has 1 aromatic heterocycles. The van der Waals surface area contributed by atoms with Crippen LogP contribution < -0.4 is 10.2 Å². The summed E-state index contributed by atoms with van der Waals surface area (Å²) < 4.78 is 1.30. The lowest BCUT2D eigenvalue weighted by molar-refractivity contribution is -0.897. The Labute approximate surface area is 177 Å². The van der Waals surface area contributed by atoms with Gasteiger partial charge in [0.25, 0.3) is 5.91 Å². The minimum Gasteiger partial charge on any atom is -0.346 e. The Bertz CT molecular complexity index is 845. The van der Waals surface area contributed by atoms with Crippen LogP contribution in [-0.4, -0.2) is 36.1 Å². The molecule has 2 heterocycles. The standard InChI is InChI=1S/C24H31N3OS/c28-22(26-24-12-16-9-17(13-24)11-18(10-16)14-24)15-27-7-5-19(6-8-27)23-25-20-3-1-2-4-21(20)29-23/h1-4,16-19H,5-15H2,(H,26,28)/p+1. The Morgan fingerprint density at radius 3 is 2.38 bits per heavy atom. The maximum absolute atomic E-state index is 12.9. The summed E-state index contributed by atoms with van der Waals surface area (Å²) >= 11 is 1.86. The monoisotopic (exact) mass is 410 g/mol. The molecule has 4 bridgehead atoms. The van der Waals surface area contributed by atoms with Gasteiger partial charge in [-0.2, -0.15) is 0 Å². The first-order valence-electron chi connectivity index (χ1n) is 11.6. The molecule has 4 aliphatic carbocycles. The second-order valence-electron chi connectivity index (χ2n) is 10.5. The number of quaternary nitrogens is 1. The summed E-state index contributed by atoms with van der Waals surface area (Å²) in [6.07, 6.45) is 10.3. The molecule has 5 fully saturated rings. The zero-order valence-corrected chi connectivity index (χ0v) is 18.0. The van der Waals surface area contributed by atoms with Crippen molar-refractivity contribution >= 4 is 27.5 Å². The van der Waals surface area contributed by atoms with E-state index in [1.165, 1.54) is 53.1 Å². The van der Waals surface area contributed by atoms with Crippen molar-refractivity contribution in [3.05, 3.63) is 29.3 Å². The van der Waals surface area contributed by atoms with Crippen LogP contribution >= 0.6 is 11.3 Å². The highest BCUT2D eigenvalue weighted by Crippen LogP contribution is 2.55. The first kappa shape index (κ1) is 18.3. The Morgan fingerprint density at radius 2 is 1.72 bits per heavy atom. The number of carbonyl (C=O) groups is 1. The molecule has 1 saturated heterocycles. The van der Waals surface area contributed by atoms with E-state index >= 15 is 0 Å². The van der Waals surface area contributed by atoms with Crippen LogP contribution in [0.2, 0.25) is 0 Å². The number of piperidine rings is 1. The third-order valence-corrected chi connectivity index (χ3v) is 9.40. The van der Waals surface area contributed by atoms with E-state index in [2.05, 4.69) is 29.6 Å². The molecular formula is C24H32N3OS+. The molecule has 2 aromatic rings. The summed E-state index contributed by atoms with van der Waals surface area (Å²) in [5.41, 5.74) is 1.29. The van der Waals surface area contributed by atoms with Gasteiger partial charge in [0.2, 0.25) is 0 Å². The topological polar surface area (TPSA) is 46.4 Å². The Hall–Kier alpha value is -1.46. The van der Waals surface area contributed by atoms with Crippen molar-refractivity contribution in [3.63, 3.8) is 0 Å². The van der Waals surface area contributed by atoms with Crippen molar-refractivity contribution in [2.75, 3.05) is 19.6 Å². The number of thiazole rings is 1. The molecule has 4 saturated carbocycles. The fourth-order valence-corrected chi connectivity index (χ4v) is 8.48. The summed E-state index contributed by atoms with van der Waals surface area (Å²) in [6, 6.07) is 8.45. The number of benzene rings is 1. The number of amides is 1. The Balaban J connectivity index is 1.04. The number of hydrogen-bond donors (Lipinski definition) is 2. The first-order chi connectivity index (χ1) is 14.1. The Morgan fingerprint density at radius 1 is 1.07 bits per heavy atom. The van der Waals surface area contributed by atoms with Gasteiger partial charge in [-0.15, -0.1) is 11.3 Å². The lowest BCUT2D eigenvalue weighted by atomic mass is 9.53. The normalized spacial score (nSPS) is 38.4. The molecule has 4 nitrogen and oxygen atoms in total. The number of carbonyl (C=O) groups excluding carboxylic acids is 1. The van der Waals surface area contributed by atoms with Gasteiger partial charge in [0.15, 0.2) is 6.54 Å². The number of hydrogen-bond acceptors (Lipinski definition) is 3. The predicted molar refractivity (Wildman–Crippen MR) is 116 cm³/mol. The molecule has 0 spiro atoms. The zero-order valence-electron chi connectivity index (χ0n) is 17.2. The predicted octanol–water partition coefficient (Wildman–Crippen LogP) is 3.14. The molecule has 0 unspecified atom stereocenters. The van der Waals surface area contributed by atoms with Crippen molar-refractivity contribution in [3.8, 4) is 0 Å². The van der Waals surface area contributed by atoms with Crippen molar-refractivity contribution in [1.29, 1.82) is 0 Å². The number of nitrogens with zero attached hydrogens (tertiary/aromatic N) is 1. The summed E-state index contributed by atoms with van der Waals surface area (Å²) in [5, 5.41) is 4.86. The van der Waals surface area contributed by atoms with Gasteiger partial charge < -0.3 is 10.2 Å². The Kier molecular flexibility index (Phi) is 4.46. The molecule has 154 valence electrons. The highest BCUT2D eigenvalue weighted by atomic mass is 32.1. The zero-order chi connectivity index (χ0) is 19.4. The molecule has 1 aliphatic heterocycles. The lowest BCUT2D eigenvalue weighted by Crippen LogP contribution is -3.14. The highest BCUT2D eigenvalue weighted by Gasteiger charge is 2.51. The quantitative estimate of drug-likeness (QED) is 0.813. The van der Waals surface area contributed by atoms with E-state index in [1.54, 1.807) is 0 Å². The molecule has 1 amide bonds. The van der Waals surface area contributed by atoms with Crippen LogP contribution in [0.25, 0.3) is 10.2 Å². The highest BCUT2D eigenvalue weighted by molar-refractivity contribution is 7.18. The van der Waals surface area contributed by atoms with Gasteiger partial charge in [-0.1, -0.05) is 12.1 Å². The van der Waals surface area contributed by atoms with Crippen LogP contribution in [0, 0.1) is 17.8 Å². The van der Waals surface area contributed by atoms with Crippen LogP contribution in [0.3, 0.4) is 0 Å². The van der Waals surface area contributed by atoms with Crippen molar-refractivity contribution in [1.82, 2.24) is 10.3 Å². The molecular weight excluding hydrogens is 378 g/mol. The number of aromatic nitrogens is 1. The number of likely N-dealkylation sites (tertiary alicyclic amines) is 1. The van der Waals surface area contributed by atoms with Crippen molar-refractivity contribution < 1.29 is 9.69 Å². The molecule has 1 aromatic carbocycles. The van der Waals surface area contributed by atoms with Crippen LogP contribution in [0.1, 0.15) is 62.3 Å². The number of rotatable bonds is 4. The van der Waals surface area contributed by atoms with Gasteiger partial charge in [-0.25, -0.2) is 4.98 Å². The van der Waals surface area contributed by atoms with Gasteiger partial charge >= 0.3 is 0 Å². The van der Waals surface area contributed by atoms with Gasteiger partial charge in [-0.3, -0.25) is 4.79 Å². The smallest absolute Gasteiger partial charge is 0.275 e. The average molecular weight is 411 g/mol. The third-order valence-electron chi connectivity index (χ3n) is 8.21. The number of nitrogens with one attached hydrogen (secondary N) is 2. The largest absolute Gasteiger partial charge is 0.346 e. The van der Waals surface area contributed by atoms with E-state index in [-0.39, 0.29) is 5.54 Å². The van der Waals surface area contributed by atoms with Crippen LogP contribution in [0.5, 0.6) is 0 Å². The van der Waals surface area contributed by atoms with Gasteiger partial charge in [0.05, 0.1) is 28.3 Å². The lowest BCUT2D eigenvalue weighted by Gasteiger charge is -2.56. The molecule has 2 N–H and O–H groups in total. The van der Waals surface area contributed by atoms with E-state index in [1.807, 2.05) is 11.3 Å². The molecule has 0 radical (unpaired) electrons. The van der Waals surface area contributed by atoms with Crippen LogP contribution in [-0.2, 0) is 4.79 Å². The summed E-state index contributed by atoms with van der Waals surface area (Å²) in [6.45, 7) is 2.85. The van der Waals surface area contributed by atoms with Crippen LogP contribution in [0.4, 0.5) is 0 Å². The van der Waals surface area contributed by atoms with Crippen molar-refractivity contribution in [2.45, 2.75) is 62.8 Å². The number of para-hydroxylation sites is 1. The SMILES string of the molecule is O=C(C[NH+]1CCC(c2nc3ccccc3s2)CC1)NC12CC3CC(CC(C3)C1)C2. The first-order valence-corrected chi connectivity index (χ1v) is 12.5. The second kappa shape index (κ2) is 7.05.